The minimum Gasteiger partial charge on any atom is -0.481 e. The molecule has 0 bridgehead atoms. The van der Waals surface area contributed by atoms with Gasteiger partial charge in [-0.15, -0.1) is 0 Å². The Morgan fingerprint density at radius 3 is 1.48 bits per heavy atom. The van der Waals surface area contributed by atoms with Crippen molar-refractivity contribution in [1.29, 1.82) is 0 Å². The number of hydrogen-bond donors (Lipinski definition) is 4. The van der Waals surface area contributed by atoms with Crippen molar-refractivity contribution in [2.45, 2.75) is 50.9 Å². The standard InChI is InChI=1S/C36H36Cl2F2N6O4/c1-49-35-25(17-41-15-19-9-11-31(47)43-19)27(39)13-29(45-35)23-7-3-5-21(33(23)37)22-6-4-8-24(34(22)38)30-14-28(40)26(36(46-30)50-2)18-42-16-20-10-12-32(48)44-20/h3-8,13-14,19-20,41-42H,9-12,15-18H2,1-2H3,(H,43,47)(H,44,48)/t19-,20-/m1/s1. The highest BCUT2D eigenvalue weighted by molar-refractivity contribution is 6.39. The van der Waals surface area contributed by atoms with Gasteiger partial charge in [0.25, 0.3) is 0 Å². The Labute approximate surface area is 298 Å². The molecule has 14 heteroatoms. The average Bonchev–Trinajstić information content (AvgIpc) is 3.72. The number of methoxy groups -OCH3 is 2. The van der Waals surface area contributed by atoms with Gasteiger partial charge in [0.1, 0.15) is 11.6 Å². The molecule has 262 valence electrons. The first-order chi connectivity index (χ1) is 24.2. The number of halogens is 4. The maximum absolute atomic E-state index is 15.5. The van der Waals surface area contributed by atoms with Crippen molar-refractivity contribution in [2.24, 2.45) is 0 Å². The molecule has 0 unspecified atom stereocenters. The molecule has 2 aliphatic rings. The number of carbonyl (C=O) groups is 2. The smallest absolute Gasteiger partial charge is 0.221 e. The molecule has 2 atom stereocenters. The van der Waals surface area contributed by atoms with E-state index in [-0.39, 0.29) is 81.3 Å². The number of hydrogen-bond acceptors (Lipinski definition) is 8. The summed E-state index contributed by atoms with van der Waals surface area (Å²) in [5, 5.41) is 12.7. The normalized spacial score (nSPS) is 17.2. The third kappa shape index (κ3) is 7.68. The highest BCUT2D eigenvalue weighted by Crippen LogP contribution is 2.43. The Bertz CT molecular complexity index is 1790. The highest BCUT2D eigenvalue weighted by atomic mass is 35.5. The monoisotopic (exact) mass is 724 g/mol. The van der Waals surface area contributed by atoms with Crippen molar-refractivity contribution in [2.75, 3.05) is 27.3 Å². The molecule has 2 fully saturated rings. The van der Waals surface area contributed by atoms with Crippen molar-refractivity contribution in [1.82, 2.24) is 31.2 Å². The van der Waals surface area contributed by atoms with Gasteiger partial charge in [0.15, 0.2) is 0 Å². The molecule has 0 saturated carbocycles. The van der Waals surface area contributed by atoms with E-state index in [4.69, 9.17) is 32.7 Å². The van der Waals surface area contributed by atoms with Crippen LogP contribution in [-0.2, 0) is 22.7 Å². The molecular weight excluding hydrogens is 689 g/mol. The molecule has 4 heterocycles. The molecule has 4 N–H and O–H groups in total. The van der Waals surface area contributed by atoms with E-state index in [0.717, 1.165) is 12.8 Å². The van der Waals surface area contributed by atoms with E-state index in [1.165, 1.54) is 26.4 Å². The Morgan fingerprint density at radius 1 is 0.720 bits per heavy atom. The number of nitrogens with zero attached hydrogens (tertiary/aromatic N) is 2. The number of ether oxygens (including phenoxy) is 2. The molecule has 2 amide bonds. The number of aromatic nitrogens is 2. The minimum atomic E-state index is -0.526. The summed E-state index contributed by atoms with van der Waals surface area (Å²) in [5.74, 6) is -0.817. The molecule has 2 saturated heterocycles. The van der Waals surface area contributed by atoms with E-state index in [1.807, 2.05) is 0 Å². The highest BCUT2D eigenvalue weighted by Gasteiger charge is 2.24. The Kier molecular flexibility index (Phi) is 11.1. The Hall–Kier alpha value is -4.36. The molecule has 6 rings (SSSR count). The molecule has 10 nitrogen and oxygen atoms in total. The van der Waals surface area contributed by atoms with Gasteiger partial charge in [-0.25, -0.2) is 18.7 Å². The van der Waals surface area contributed by atoms with E-state index in [1.54, 1.807) is 36.4 Å². The van der Waals surface area contributed by atoms with Crippen LogP contribution in [0.1, 0.15) is 36.8 Å². The van der Waals surface area contributed by atoms with Crippen LogP contribution >= 0.6 is 23.2 Å². The molecule has 50 heavy (non-hydrogen) atoms. The van der Waals surface area contributed by atoms with Crippen LogP contribution in [0.2, 0.25) is 10.0 Å². The van der Waals surface area contributed by atoms with Gasteiger partial charge in [0, 0.05) is 85.5 Å². The summed E-state index contributed by atoms with van der Waals surface area (Å²) in [6, 6.07) is 13.1. The van der Waals surface area contributed by atoms with E-state index < -0.39 is 11.6 Å². The SMILES string of the molecule is COc1nc(-c2cccc(-c3cccc(-c4cc(F)c(CNC[C@H]5CCC(=O)N5)c(OC)n4)c3Cl)c2Cl)cc(F)c1CNC[C@H]1CCC(=O)N1. The molecule has 2 aromatic carbocycles. The van der Waals surface area contributed by atoms with E-state index in [0.29, 0.717) is 48.2 Å². The number of amides is 2. The third-order valence-corrected chi connectivity index (χ3v) is 9.66. The molecule has 0 aliphatic carbocycles. The fourth-order valence-corrected chi connectivity index (χ4v) is 6.90. The largest absolute Gasteiger partial charge is 0.481 e. The van der Waals surface area contributed by atoms with Crippen molar-refractivity contribution < 1.29 is 27.8 Å². The molecular formula is C36H36Cl2F2N6O4. The zero-order chi connectivity index (χ0) is 35.4. The maximum Gasteiger partial charge on any atom is 0.221 e. The van der Waals surface area contributed by atoms with Crippen molar-refractivity contribution in [3.8, 4) is 45.4 Å². The predicted molar refractivity (Wildman–Crippen MR) is 187 cm³/mol. The van der Waals surface area contributed by atoms with E-state index in [9.17, 15) is 9.59 Å². The van der Waals surface area contributed by atoms with Crippen molar-refractivity contribution in [3.05, 3.63) is 81.3 Å². The number of nitrogens with one attached hydrogen (secondary N) is 4. The quantitative estimate of drug-likeness (QED) is 0.136. The maximum atomic E-state index is 15.5. The summed E-state index contributed by atoms with van der Waals surface area (Å²) in [6.45, 7) is 1.29. The molecule has 0 spiro atoms. The van der Waals surface area contributed by atoms with Gasteiger partial charge in [0.05, 0.1) is 46.8 Å². The van der Waals surface area contributed by atoms with Gasteiger partial charge >= 0.3 is 0 Å². The lowest BCUT2D eigenvalue weighted by Crippen LogP contribution is -2.35. The van der Waals surface area contributed by atoms with Crippen LogP contribution in [0.5, 0.6) is 11.8 Å². The lowest BCUT2D eigenvalue weighted by Gasteiger charge is -2.17. The van der Waals surface area contributed by atoms with Crippen molar-refractivity contribution in [3.63, 3.8) is 0 Å². The zero-order valence-corrected chi connectivity index (χ0v) is 29.0. The lowest BCUT2D eigenvalue weighted by atomic mass is 9.98. The predicted octanol–water partition coefficient (Wildman–Crippen LogP) is 5.82. The summed E-state index contributed by atoms with van der Waals surface area (Å²) in [5.41, 5.74) is 3.04. The van der Waals surface area contributed by atoms with Crippen LogP contribution < -0.4 is 30.7 Å². The van der Waals surface area contributed by atoms with Gasteiger partial charge in [-0.1, -0.05) is 59.6 Å². The second-order valence-electron chi connectivity index (χ2n) is 12.2. The first kappa shape index (κ1) is 35.5. The molecule has 4 aromatic rings. The summed E-state index contributed by atoms with van der Waals surface area (Å²) >= 11 is 13.9. The summed E-state index contributed by atoms with van der Waals surface area (Å²) in [4.78, 5) is 32.1. The van der Waals surface area contributed by atoms with Crippen LogP contribution in [0.3, 0.4) is 0 Å². The Morgan fingerprint density at radius 2 is 1.12 bits per heavy atom. The fourth-order valence-electron chi connectivity index (χ4n) is 6.25. The molecule has 2 aromatic heterocycles. The van der Waals surface area contributed by atoms with Gasteiger partial charge in [-0.05, 0) is 12.8 Å². The fraction of sp³-hybridized carbons (Fsp3) is 0.333. The summed E-state index contributed by atoms with van der Waals surface area (Å²) in [6.07, 6.45) is 2.41. The second kappa shape index (κ2) is 15.7. The van der Waals surface area contributed by atoms with Gasteiger partial charge < -0.3 is 30.7 Å². The number of rotatable bonds is 13. The molecule has 2 aliphatic heterocycles. The Balaban J connectivity index is 1.24. The van der Waals surface area contributed by atoms with Gasteiger partial charge in [0.2, 0.25) is 23.6 Å². The van der Waals surface area contributed by atoms with Crippen molar-refractivity contribution >= 4 is 35.0 Å². The first-order valence-corrected chi connectivity index (χ1v) is 17.0. The van der Waals surface area contributed by atoms with Crippen LogP contribution in [0.25, 0.3) is 33.6 Å². The van der Waals surface area contributed by atoms with Gasteiger partial charge in [-0.2, -0.15) is 0 Å². The van der Waals surface area contributed by atoms with E-state index in [2.05, 4.69) is 31.2 Å². The van der Waals surface area contributed by atoms with Crippen LogP contribution in [0.4, 0.5) is 8.78 Å². The summed E-state index contributed by atoms with van der Waals surface area (Å²) in [7, 11) is 2.84. The topological polar surface area (TPSA) is 126 Å². The minimum absolute atomic E-state index is 0.00649. The third-order valence-electron chi connectivity index (χ3n) is 8.84. The average molecular weight is 726 g/mol. The van der Waals surface area contributed by atoms with Gasteiger partial charge in [-0.3, -0.25) is 9.59 Å². The second-order valence-corrected chi connectivity index (χ2v) is 12.9. The molecule has 0 radical (unpaired) electrons. The number of carbonyl (C=O) groups excluding carboxylic acids is 2. The summed E-state index contributed by atoms with van der Waals surface area (Å²) < 4.78 is 42.0. The number of pyridine rings is 2. The first-order valence-electron chi connectivity index (χ1n) is 16.2. The lowest BCUT2D eigenvalue weighted by molar-refractivity contribution is -0.120. The van der Waals surface area contributed by atoms with Crippen LogP contribution in [0, 0.1) is 11.6 Å². The zero-order valence-electron chi connectivity index (χ0n) is 27.5. The number of benzene rings is 2. The van der Waals surface area contributed by atoms with E-state index >= 15 is 8.78 Å². The van der Waals surface area contributed by atoms with Crippen LogP contribution in [0.15, 0.2) is 48.5 Å². The van der Waals surface area contributed by atoms with Crippen LogP contribution in [-0.4, -0.2) is 61.2 Å².